The molecular weight excluding hydrogens is 70.1 g/mol. The molecule has 0 aliphatic heterocycles. The van der Waals surface area contributed by atoms with Crippen molar-refractivity contribution in [3.05, 3.63) is 6.54 Å². The smallest absolute Gasteiger partial charge is 0.0289 e. The maximum atomic E-state index is 4.83. The van der Waals surface area contributed by atoms with Crippen LogP contribution < -0.4 is 5.73 Å². The number of thiol groups is 1. The van der Waals surface area contributed by atoms with E-state index < -0.39 is 0 Å². The summed E-state index contributed by atoms with van der Waals surface area (Å²) in [7, 11) is 0. The van der Waals surface area contributed by atoms with E-state index in [1.54, 1.807) is 0 Å². The van der Waals surface area contributed by atoms with Crippen LogP contribution >= 0.6 is 12.6 Å². The Kier molecular flexibility index (Phi) is 3.57. The summed E-state index contributed by atoms with van der Waals surface area (Å²) >= 11 is 3.74. The molecular formula is C2H6NS. The zero-order chi connectivity index (χ0) is 3.41. The van der Waals surface area contributed by atoms with E-state index >= 15 is 0 Å². The van der Waals surface area contributed by atoms with E-state index in [1.165, 1.54) is 6.54 Å². The Hall–Kier alpha value is 0.310. The normalized spacial score (nSPS) is 7.50. The Morgan fingerprint density at radius 1 is 2.00 bits per heavy atom. The summed E-state index contributed by atoms with van der Waals surface area (Å²) in [6.45, 7) is 1.49. The van der Waals surface area contributed by atoms with Gasteiger partial charge in [0.1, 0.15) is 0 Å². The van der Waals surface area contributed by atoms with Crippen LogP contribution in [-0.4, -0.2) is 5.75 Å². The van der Waals surface area contributed by atoms with Gasteiger partial charge in [-0.2, -0.15) is 12.6 Å². The van der Waals surface area contributed by atoms with Crippen LogP contribution in [-0.2, 0) is 0 Å². The molecule has 0 amide bonds. The molecule has 0 saturated carbocycles. The quantitative estimate of drug-likeness (QED) is 0.424. The molecule has 0 fully saturated rings. The predicted octanol–water partition coefficient (Wildman–Crippen LogP) is 0.0367. The zero-order valence-electron chi connectivity index (χ0n) is 2.31. The highest BCUT2D eigenvalue weighted by molar-refractivity contribution is 7.80. The van der Waals surface area contributed by atoms with Gasteiger partial charge in [-0.1, -0.05) is 0 Å². The van der Waals surface area contributed by atoms with E-state index in [1.807, 2.05) is 0 Å². The fraction of sp³-hybridized carbons (Fsp3) is 0.500. The predicted molar refractivity (Wildman–Crippen MR) is 22.3 cm³/mol. The van der Waals surface area contributed by atoms with E-state index in [-0.39, 0.29) is 0 Å². The molecule has 1 radical (unpaired) electrons. The minimum absolute atomic E-state index is 0.667. The summed E-state index contributed by atoms with van der Waals surface area (Å²) < 4.78 is 0. The summed E-state index contributed by atoms with van der Waals surface area (Å²) in [5.74, 6) is 0.667. The summed E-state index contributed by atoms with van der Waals surface area (Å²) in [6, 6.07) is 0. The fourth-order valence-corrected chi connectivity index (χ4v) is 0. The summed E-state index contributed by atoms with van der Waals surface area (Å²) in [5, 5.41) is 0. The van der Waals surface area contributed by atoms with Gasteiger partial charge in [0.15, 0.2) is 0 Å². The summed E-state index contributed by atoms with van der Waals surface area (Å²) in [4.78, 5) is 0. The molecule has 0 aliphatic rings. The van der Waals surface area contributed by atoms with E-state index in [2.05, 4.69) is 12.6 Å². The Bertz CT molecular complexity index is 8.00. The monoisotopic (exact) mass is 76.0 g/mol. The lowest BCUT2D eigenvalue weighted by Gasteiger charge is -1.68. The maximum Gasteiger partial charge on any atom is 0.0289 e. The lowest BCUT2D eigenvalue weighted by molar-refractivity contribution is 1.35. The molecule has 0 atom stereocenters. The largest absolute Gasteiger partial charge is 0.326 e. The third-order valence-corrected chi connectivity index (χ3v) is 0.316. The van der Waals surface area contributed by atoms with Crippen molar-refractivity contribution in [3.8, 4) is 0 Å². The molecule has 0 bridgehead atoms. The first-order valence-corrected chi connectivity index (χ1v) is 1.69. The average molecular weight is 76.1 g/mol. The molecule has 1 nitrogen and oxygen atoms in total. The summed E-state index contributed by atoms with van der Waals surface area (Å²) in [6.07, 6.45) is 0. The van der Waals surface area contributed by atoms with Gasteiger partial charge in [-0.25, -0.2) is 0 Å². The van der Waals surface area contributed by atoms with Crippen molar-refractivity contribution < 1.29 is 0 Å². The van der Waals surface area contributed by atoms with Gasteiger partial charge in [-0.15, -0.1) is 0 Å². The molecule has 0 aromatic rings. The van der Waals surface area contributed by atoms with Crippen LogP contribution in [0.1, 0.15) is 0 Å². The molecule has 4 heavy (non-hydrogen) atoms. The zero-order valence-corrected chi connectivity index (χ0v) is 3.20. The second-order valence-electron chi connectivity index (χ2n) is 0.418. The first-order valence-electron chi connectivity index (χ1n) is 1.06. The Morgan fingerprint density at radius 3 is 2.25 bits per heavy atom. The molecule has 0 spiro atoms. The molecule has 0 unspecified atom stereocenters. The highest BCUT2D eigenvalue weighted by Gasteiger charge is 1.57. The Labute approximate surface area is 31.6 Å². The van der Waals surface area contributed by atoms with Crippen molar-refractivity contribution in [2.75, 3.05) is 5.75 Å². The van der Waals surface area contributed by atoms with Crippen molar-refractivity contribution in [1.82, 2.24) is 0 Å². The van der Waals surface area contributed by atoms with Crippen LogP contribution in [0.5, 0.6) is 0 Å². The van der Waals surface area contributed by atoms with Gasteiger partial charge >= 0.3 is 0 Å². The van der Waals surface area contributed by atoms with Gasteiger partial charge in [0.25, 0.3) is 0 Å². The van der Waals surface area contributed by atoms with Crippen molar-refractivity contribution >= 4 is 12.6 Å². The molecule has 2 N–H and O–H groups in total. The maximum absolute atomic E-state index is 4.83. The fourth-order valence-electron chi connectivity index (χ4n) is 0. The first-order chi connectivity index (χ1) is 1.91. The third kappa shape index (κ3) is 2.31. The third-order valence-electron chi connectivity index (χ3n) is 0.105. The van der Waals surface area contributed by atoms with Crippen LogP contribution in [0.3, 0.4) is 0 Å². The number of rotatable bonds is 1. The van der Waals surface area contributed by atoms with Crippen LogP contribution in [0.4, 0.5) is 0 Å². The molecule has 0 aromatic carbocycles. The summed E-state index contributed by atoms with van der Waals surface area (Å²) in [5.41, 5.74) is 4.83. The molecule has 0 saturated heterocycles. The topological polar surface area (TPSA) is 26.0 Å². The molecule has 0 rings (SSSR count). The van der Waals surface area contributed by atoms with Crippen LogP contribution in [0.15, 0.2) is 0 Å². The Morgan fingerprint density at radius 2 is 2.25 bits per heavy atom. The minimum atomic E-state index is 0.667. The second-order valence-corrected chi connectivity index (χ2v) is 0.783. The van der Waals surface area contributed by atoms with Crippen molar-refractivity contribution in [2.45, 2.75) is 0 Å². The second kappa shape index (κ2) is 3.31. The molecule has 0 aliphatic carbocycles. The van der Waals surface area contributed by atoms with E-state index in [4.69, 9.17) is 5.73 Å². The van der Waals surface area contributed by atoms with Gasteiger partial charge in [-0.3, -0.25) is 0 Å². The van der Waals surface area contributed by atoms with Crippen molar-refractivity contribution in [1.29, 1.82) is 0 Å². The lowest BCUT2D eigenvalue weighted by Crippen LogP contribution is -1.87. The highest BCUT2D eigenvalue weighted by atomic mass is 32.1. The van der Waals surface area contributed by atoms with Gasteiger partial charge in [0.2, 0.25) is 0 Å². The molecule has 25 valence electrons. The Balaban J connectivity index is 1.97. The molecule has 2 heteroatoms. The van der Waals surface area contributed by atoms with Gasteiger partial charge in [0.05, 0.1) is 0 Å². The van der Waals surface area contributed by atoms with Gasteiger partial charge in [0, 0.05) is 12.3 Å². The van der Waals surface area contributed by atoms with Crippen LogP contribution in [0, 0.1) is 6.54 Å². The van der Waals surface area contributed by atoms with E-state index in [9.17, 15) is 0 Å². The number of nitrogens with two attached hydrogens (primary N) is 1. The first kappa shape index (κ1) is 4.31. The van der Waals surface area contributed by atoms with E-state index in [0.717, 1.165) is 0 Å². The van der Waals surface area contributed by atoms with Crippen LogP contribution in [0.2, 0.25) is 0 Å². The minimum Gasteiger partial charge on any atom is -0.326 e. The lowest BCUT2D eigenvalue weighted by atomic mass is 10.8. The molecule has 0 aromatic heterocycles. The van der Waals surface area contributed by atoms with Crippen molar-refractivity contribution in [2.24, 2.45) is 5.73 Å². The number of hydrogen-bond donors (Lipinski definition) is 2. The van der Waals surface area contributed by atoms with Crippen LogP contribution in [0.25, 0.3) is 0 Å². The van der Waals surface area contributed by atoms with Gasteiger partial charge < -0.3 is 5.73 Å². The molecule has 0 heterocycles. The standard InChI is InChI=1S/C2H6NS/c3-1-2-4/h1,4H,2-3H2. The van der Waals surface area contributed by atoms with E-state index in [0.29, 0.717) is 5.75 Å². The van der Waals surface area contributed by atoms with Crippen molar-refractivity contribution in [3.63, 3.8) is 0 Å². The average Bonchev–Trinajstić information content (AvgIpc) is 1.37. The van der Waals surface area contributed by atoms with Gasteiger partial charge in [-0.05, 0) is 0 Å². The SMILES string of the molecule is N[CH]CS. The number of hydrogen-bond acceptors (Lipinski definition) is 2. The highest BCUT2D eigenvalue weighted by Crippen LogP contribution is 1.64.